The van der Waals surface area contributed by atoms with Crippen LogP contribution in [0, 0.1) is 0 Å². The Morgan fingerprint density at radius 1 is 1.24 bits per heavy atom. The van der Waals surface area contributed by atoms with E-state index in [4.69, 9.17) is 11.6 Å². The molecule has 2 aliphatic rings. The van der Waals surface area contributed by atoms with Gasteiger partial charge in [-0.2, -0.15) is 0 Å². The number of carbonyl (C=O) groups is 1. The molecule has 114 valence electrons. The molecule has 2 N–H and O–H groups in total. The molecule has 0 aliphatic carbocycles. The van der Waals surface area contributed by atoms with Gasteiger partial charge in [-0.25, -0.2) is 0 Å². The lowest BCUT2D eigenvalue weighted by Gasteiger charge is -2.29. The van der Waals surface area contributed by atoms with Crippen LogP contribution in [0.25, 0.3) is 0 Å². The lowest BCUT2D eigenvalue weighted by molar-refractivity contribution is -0.119. The fourth-order valence-corrected chi connectivity index (χ4v) is 4.21. The standard InChI is InChI=1S/C16H21ClN2OS/c17-12-3-1-11(2-4-12)9-21-10-16(20)19-15-7-13-5-6-14(8-15)18-13/h1-4,13-15,18H,5-10H2,(H,19,20). The number of piperidine rings is 1. The number of hydrogen-bond acceptors (Lipinski definition) is 3. The fourth-order valence-electron chi connectivity index (χ4n) is 3.29. The molecule has 2 atom stereocenters. The maximum Gasteiger partial charge on any atom is 0.230 e. The third-order valence-electron chi connectivity index (χ3n) is 4.25. The van der Waals surface area contributed by atoms with Gasteiger partial charge in [0, 0.05) is 28.9 Å². The zero-order valence-electron chi connectivity index (χ0n) is 12.0. The van der Waals surface area contributed by atoms with Crippen molar-refractivity contribution in [1.29, 1.82) is 0 Å². The van der Waals surface area contributed by atoms with Gasteiger partial charge in [-0.05, 0) is 43.4 Å². The van der Waals surface area contributed by atoms with E-state index in [0.717, 1.165) is 23.6 Å². The second-order valence-corrected chi connectivity index (χ2v) is 7.42. The largest absolute Gasteiger partial charge is 0.353 e. The van der Waals surface area contributed by atoms with E-state index in [1.807, 2.05) is 24.3 Å². The van der Waals surface area contributed by atoms with Crippen LogP contribution in [0.1, 0.15) is 31.2 Å². The van der Waals surface area contributed by atoms with E-state index in [9.17, 15) is 4.79 Å². The van der Waals surface area contributed by atoms with Crippen molar-refractivity contribution in [3.63, 3.8) is 0 Å². The van der Waals surface area contributed by atoms with Crippen LogP contribution in [0.5, 0.6) is 0 Å². The van der Waals surface area contributed by atoms with Crippen LogP contribution in [0.2, 0.25) is 5.02 Å². The van der Waals surface area contributed by atoms with Gasteiger partial charge in [-0.1, -0.05) is 23.7 Å². The maximum atomic E-state index is 12.0. The summed E-state index contributed by atoms with van der Waals surface area (Å²) in [5.41, 5.74) is 1.21. The monoisotopic (exact) mass is 324 g/mol. The number of nitrogens with one attached hydrogen (secondary N) is 2. The molecule has 3 nitrogen and oxygen atoms in total. The molecule has 2 bridgehead atoms. The fraction of sp³-hybridized carbons (Fsp3) is 0.562. The molecule has 1 aromatic rings. The first-order valence-corrected chi connectivity index (χ1v) is 9.10. The zero-order valence-corrected chi connectivity index (χ0v) is 13.6. The first-order chi connectivity index (χ1) is 10.2. The van der Waals surface area contributed by atoms with Crippen LogP contribution in [0.15, 0.2) is 24.3 Å². The highest BCUT2D eigenvalue weighted by atomic mass is 35.5. The molecule has 0 aromatic heterocycles. The number of amides is 1. The topological polar surface area (TPSA) is 41.1 Å². The van der Waals surface area contributed by atoms with Crippen molar-refractivity contribution >= 4 is 29.3 Å². The van der Waals surface area contributed by atoms with Crippen LogP contribution in [0.3, 0.4) is 0 Å². The third-order valence-corrected chi connectivity index (χ3v) is 5.51. The third kappa shape index (κ3) is 4.38. The molecule has 2 aliphatic heterocycles. The molecule has 2 saturated heterocycles. The van der Waals surface area contributed by atoms with E-state index >= 15 is 0 Å². The number of carbonyl (C=O) groups excluding carboxylic acids is 1. The minimum atomic E-state index is 0.167. The summed E-state index contributed by atoms with van der Waals surface area (Å²) in [7, 11) is 0. The van der Waals surface area contributed by atoms with Crippen LogP contribution < -0.4 is 10.6 Å². The second-order valence-electron chi connectivity index (χ2n) is 5.99. The summed E-state index contributed by atoms with van der Waals surface area (Å²) < 4.78 is 0. The first-order valence-electron chi connectivity index (χ1n) is 7.56. The van der Waals surface area contributed by atoms with E-state index in [-0.39, 0.29) is 5.91 Å². The van der Waals surface area contributed by atoms with Gasteiger partial charge < -0.3 is 10.6 Å². The van der Waals surface area contributed by atoms with Crippen molar-refractivity contribution in [1.82, 2.24) is 10.6 Å². The van der Waals surface area contributed by atoms with Crippen molar-refractivity contribution in [3.8, 4) is 0 Å². The van der Waals surface area contributed by atoms with E-state index in [1.54, 1.807) is 11.8 Å². The van der Waals surface area contributed by atoms with E-state index in [0.29, 0.717) is 23.9 Å². The highest BCUT2D eigenvalue weighted by molar-refractivity contribution is 7.99. The zero-order chi connectivity index (χ0) is 14.7. The highest BCUT2D eigenvalue weighted by Gasteiger charge is 2.33. The molecule has 2 unspecified atom stereocenters. The molecule has 1 aromatic carbocycles. The normalized spacial score (nSPS) is 27.6. The Kier molecular flexibility index (Phi) is 5.09. The van der Waals surface area contributed by atoms with E-state index < -0.39 is 0 Å². The number of hydrogen-bond donors (Lipinski definition) is 2. The highest BCUT2D eigenvalue weighted by Crippen LogP contribution is 2.26. The van der Waals surface area contributed by atoms with Crippen molar-refractivity contribution in [2.45, 2.75) is 49.6 Å². The Labute approximate surface area is 135 Å². The van der Waals surface area contributed by atoms with Crippen molar-refractivity contribution in [2.24, 2.45) is 0 Å². The Morgan fingerprint density at radius 2 is 1.90 bits per heavy atom. The van der Waals surface area contributed by atoms with Crippen LogP contribution >= 0.6 is 23.4 Å². The minimum Gasteiger partial charge on any atom is -0.353 e. The molecule has 1 amide bonds. The maximum absolute atomic E-state index is 12.0. The predicted octanol–water partition coefficient (Wildman–Crippen LogP) is 2.97. The number of fused-ring (bicyclic) bond motifs is 2. The summed E-state index contributed by atoms with van der Waals surface area (Å²) in [6.45, 7) is 0. The molecule has 0 radical (unpaired) electrons. The SMILES string of the molecule is O=C(CSCc1ccc(Cl)cc1)NC1CC2CCC(C1)N2. The summed E-state index contributed by atoms with van der Waals surface area (Å²) in [5.74, 6) is 1.55. The van der Waals surface area contributed by atoms with Gasteiger partial charge in [0.1, 0.15) is 0 Å². The average molecular weight is 325 g/mol. The lowest BCUT2D eigenvalue weighted by atomic mass is 10.00. The first kappa shape index (κ1) is 15.2. The number of halogens is 1. The summed E-state index contributed by atoms with van der Waals surface area (Å²) in [6.07, 6.45) is 4.71. The minimum absolute atomic E-state index is 0.167. The second kappa shape index (κ2) is 7.03. The quantitative estimate of drug-likeness (QED) is 0.875. The van der Waals surface area contributed by atoms with E-state index in [1.165, 1.54) is 18.4 Å². The summed E-state index contributed by atoms with van der Waals surface area (Å²) in [6, 6.07) is 9.42. The Bertz CT molecular complexity index is 482. The molecule has 5 heteroatoms. The van der Waals surface area contributed by atoms with Crippen LogP contribution in [0.4, 0.5) is 0 Å². The molecule has 21 heavy (non-hydrogen) atoms. The lowest BCUT2D eigenvalue weighted by Crippen LogP contribution is -2.48. The molecule has 2 heterocycles. The predicted molar refractivity (Wildman–Crippen MR) is 88.7 cm³/mol. The average Bonchev–Trinajstić information content (AvgIpc) is 2.80. The van der Waals surface area contributed by atoms with Gasteiger partial charge in [0.05, 0.1) is 5.75 Å². The Hall–Kier alpha value is -0.710. The van der Waals surface area contributed by atoms with Gasteiger partial charge >= 0.3 is 0 Å². The smallest absolute Gasteiger partial charge is 0.230 e. The number of rotatable bonds is 5. The van der Waals surface area contributed by atoms with Gasteiger partial charge in [-0.15, -0.1) is 11.8 Å². The molecular weight excluding hydrogens is 304 g/mol. The van der Waals surface area contributed by atoms with Crippen LogP contribution in [-0.4, -0.2) is 29.8 Å². The summed E-state index contributed by atoms with van der Waals surface area (Å²) in [5, 5.41) is 7.54. The molecular formula is C16H21ClN2OS. The number of thioether (sulfide) groups is 1. The van der Waals surface area contributed by atoms with Crippen molar-refractivity contribution in [2.75, 3.05) is 5.75 Å². The van der Waals surface area contributed by atoms with Gasteiger partial charge in [0.25, 0.3) is 0 Å². The molecule has 0 spiro atoms. The van der Waals surface area contributed by atoms with E-state index in [2.05, 4.69) is 10.6 Å². The van der Waals surface area contributed by atoms with Crippen molar-refractivity contribution < 1.29 is 4.79 Å². The van der Waals surface area contributed by atoms with Gasteiger partial charge in [-0.3, -0.25) is 4.79 Å². The van der Waals surface area contributed by atoms with Gasteiger partial charge in [0.15, 0.2) is 0 Å². The Balaban J connectivity index is 1.37. The molecule has 0 saturated carbocycles. The molecule has 2 fully saturated rings. The Morgan fingerprint density at radius 3 is 2.57 bits per heavy atom. The number of benzene rings is 1. The molecule has 3 rings (SSSR count). The summed E-state index contributed by atoms with van der Waals surface area (Å²) in [4.78, 5) is 12.0. The van der Waals surface area contributed by atoms with Crippen LogP contribution in [-0.2, 0) is 10.5 Å². The van der Waals surface area contributed by atoms with Crippen molar-refractivity contribution in [3.05, 3.63) is 34.9 Å². The summed E-state index contributed by atoms with van der Waals surface area (Å²) >= 11 is 7.51. The van der Waals surface area contributed by atoms with Gasteiger partial charge in [0.2, 0.25) is 5.91 Å².